The number of amides is 1. The lowest BCUT2D eigenvalue weighted by molar-refractivity contribution is 0.251. The summed E-state index contributed by atoms with van der Waals surface area (Å²) in [5.41, 5.74) is 2.36. The molecule has 0 saturated heterocycles. The summed E-state index contributed by atoms with van der Waals surface area (Å²) in [7, 11) is 0. The van der Waals surface area contributed by atoms with Crippen LogP contribution in [0.5, 0.6) is 0 Å². The van der Waals surface area contributed by atoms with Crippen LogP contribution in [0.25, 0.3) is 20.3 Å². The van der Waals surface area contributed by atoms with Crippen molar-refractivity contribution < 1.29 is 4.79 Å². The number of aryl methyl sites for hydroxylation is 1. The molecule has 1 aromatic carbocycles. The van der Waals surface area contributed by atoms with Gasteiger partial charge < -0.3 is 5.32 Å². The van der Waals surface area contributed by atoms with E-state index in [0.29, 0.717) is 10.7 Å². The predicted molar refractivity (Wildman–Crippen MR) is 109 cm³/mol. The van der Waals surface area contributed by atoms with Gasteiger partial charge in [-0.1, -0.05) is 23.7 Å². The molecule has 0 bridgehead atoms. The van der Waals surface area contributed by atoms with Crippen LogP contribution in [0.15, 0.2) is 60.1 Å². The standard InChI is InChI=1S/C19H14ClN3OS2/c1-12-4-5-13(11-14(12)20)22-19(24)23-15(8-9-21-23)16-6-7-18(26-16)17-3-2-10-25-17/h2-11H,1H3,(H,22,24). The summed E-state index contributed by atoms with van der Waals surface area (Å²) in [6, 6.07) is 15.1. The number of nitrogens with one attached hydrogen (secondary N) is 1. The van der Waals surface area contributed by atoms with Gasteiger partial charge in [-0.05, 0) is 54.3 Å². The number of carbonyl (C=O) groups excluding carboxylic acids is 1. The van der Waals surface area contributed by atoms with Crippen molar-refractivity contribution in [1.29, 1.82) is 0 Å². The number of nitrogens with zero attached hydrogens (tertiary/aromatic N) is 2. The molecule has 0 saturated carbocycles. The second kappa shape index (κ2) is 7.07. The molecule has 0 aliphatic rings. The number of hydrogen-bond donors (Lipinski definition) is 1. The fourth-order valence-electron chi connectivity index (χ4n) is 2.53. The maximum atomic E-state index is 12.7. The summed E-state index contributed by atoms with van der Waals surface area (Å²) >= 11 is 9.47. The molecular weight excluding hydrogens is 386 g/mol. The van der Waals surface area contributed by atoms with Crippen molar-refractivity contribution in [2.45, 2.75) is 6.92 Å². The van der Waals surface area contributed by atoms with E-state index >= 15 is 0 Å². The summed E-state index contributed by atoms with van der Waals surface area (Å²) in [5.74, 6) is 0. The maximum Gasteiger partial charge on any atom is 0.347 e. The smallest absolute Gasteiger partial charge is 0.306 e. The van der Waals surface area contributed by atoms with E-state index < -0.39 is 0 Å². The lowest BCUT2D eigenvalue weighted by Crippen LogP contribution is -2.21. The van der Waals surface area contributed by atoms with E-state index in [-0.39, 0.29) is 6.03 Å². The molecule has 0 spiro atoms. The molecule has 0 radical (unpaired) electrons. The molecule has 0 aliphatic carbocycles. The Hall–Kier alpha value is -2.41. The van der Waals surface area contributed by atoms with Crippen LogP contribution < -0.4 is 5.32 Å². The Bertz CT molecular complexity index is 1070. The molecule has 0 unspecified atom stereocenters. The Morgan fingerprint density at radius 2 is 1.96 bits per heavy atom. The number of anilines is 1. The van der Waals surface area contributed by atoms with E-state index in [4.69, 9.17) is 11.6 Å². The number of thiophene rings is 2. The number of hydrogen-bond acceptors (Lipinski definition) is 4. The Balaban J connectivity index is 1.60. The molecule has 0 aliphatic heterocycles. The van der Waals surface area contributed by atoms with Crippen LogP contribution in [0.2, 0.25) is 5.02 Å². The molecule has 3 aromatic heterocycles. The van der Waals surface area contributed by atoms with E-state index in [1.807, 2.05) is 37.3 Å². The van der Waals surface area contributed by atoms with Crippen molar-refractivity contribution in [2.24, 2.45) is 0 Å². The first-order valence-corrected chi connectivity index (χ1v) is 9.95. The lowest BCUT2D eigenvalue weighted by Gasteiger charge is -2.08. The topological polar surface area (TPSA) is 46.9 Å². The minimum atomic E-state index is -0.323. The van der Waals surface area contributed by atoms with Gasteiger partial charge >= 0.3 is 6.03 Å². The molecule has 4 nitrogen and oxygen atoms in total. The third-order valence-electron chi connectivity index (χ3n) is 3.88. The molecule has 0 atom stereocenters. The van der Waals surface area contributed by atoms with Gasteiger partial charge in [0.05, 0.1) is 16.8 Å². The van der Waals surface area contributed by atoms with E-state index in [2.05, 4.69) is 27.9 Å². The molecule has 0 fully saturated rings. The molecule has 1 amide bonds. The van der Waals surface area contributed by atoms with E-state index in [1.54, 1.807) is 34.9 Å². The average Bonchev–Trinajstić information content (AvgIpc) is 3.38. The highest BCUT2D eigenvalue weighted by molar-refractivity contribution is 7.23. The fraction of sp³-hybridized carbons (Fsp3) is 0.0526. The summed E-state index contributed by atoms with van der Waals surface area (Å²) in [5, 5.41) is 9.69. The van der Waals surface area contributed by atoms with Crippen LogP contribution in [-0.2, 0) is 0 Å². The quantitative estimate of drug-likeness (QED) is 0.434. The molecule has 26 heavy (non-hydrogen) atoms. The van der Waals surface area contributed by atoms with E-state index in [0.717, 1.165) is 16.1 Å². The summed E-state index contributed by atoms with van der Waals surface area (Å²) in [6.07, 6.45) is 1.63. The van der Waals surface area contributed by atoms with E-state index in [9.17, 15) is 4.79 Å². The van der Waals surface area contributed by atoms with Gasteiger partial charge in [0.2, 0.25) is 0 Å². The maximum absolute atomic E-state index is 12.7. The third kappa shape index (κ3) is 3.31. The van der Waals surface area contributed by atoms with Gasteiger partial charge in [-0.15, -0.1) is 22.7 Å². The Morgan fingerprint density at radius 3 is 2.73 bits per heavy atom. The highest BCUT2D eigenvalue weighted by atomic mass is 35.5. The van der Waals surface area contributed by atoms with Gasteiger partial charge in [-0.3, -0.25) is 0 Å². The van der Waals surface area contributed by atoms with Crippen LogP contribution in [0.4, 0.5) is 10.5 Å². The van der Waals surface area contributed by atoms with Gasteiger partial charge in [-0.2, -0.15) is 9.78 Å². The Kier molecular flexibility index (Phi) is 4.63. The average molecular weight is 400 g/mol. The number of benzene rings is 1. The highest BCUT2D eigenvalue weighted by Crippen LogP contribution is 2.36. The fourth-order valence-corrected chi connectivity index (χ4v) is 4.56. The largest absolute Gasteiger partial charge is 0.347 e. The van der Waals surface area contributed by atoms with Crippen molar-refractivity contribution in [3.63, 3.8) is 0 Å². The zero-order chi connectivity index (χ0) is 18.1. The van der Waals surface area contributed by atoms with Crippen LogP contribution in [0.1, 0.15) is 5.56 Å². The van der Waals surface area contributed by atoms with Crippen LogP contribution in [0.3, 0.4) is 0 Å². The van der Waals surface area contributed by atoms with Gasteiger partial charge in [-0.25, -0.2) is 4.79 Å². The number of aromatic nitrogens is 2. The third-order valence-corrected chi connectivity index (χ3v) is 6.46. The predicted octanol–water partition coefficient (Wildman–Crippen LogP) is 6.38. The molecule has 130 valence electrons. The first kappa shape index (κ1) is 17.0. The molecule has 4 aromatic rings. The molecule has 4 rings (SSSR count). The van der Waals surface area contributed by atoms with Gasteiger partial charge in [0, 0.05) is 20.5 Å². The van der Waals surface area contributed by atoms with Crippen molar-refractivity contribution in [2.75, 3.05) is 5.32 Å². The van der Waals surface area contributed by atoms with Gasteiger partial charge in [0.15, 0.2) is 0 Å². The number of halogens is 1. The number of carbonyl (C=O) groups is 1. The van der Waals surface area contributed by atoms with Crippen LogP contribution >= 0.6 is 34.3 Å². The van der Waals surface area contributed by atoms with Gasteiger partial charge in [0.1, 0.15) is 0 Å². The van der Waals surface area contributed by atoms with Crippen molar-refractivity contribution in [3.05, 3.63) is 70.7 Å². The molecule has 7 heteroatoms. The number of rotatable bonds is 3. The Labute approximate surface area is 163 Å². The van der Waals surface area contributed by atoms with Crippen molar-refractivity contribution in [3.8, 4) is 20.3 Å². The molecule has 3 heterocycles. The second-order valence-electron chi connectivity index (χ2n) is 5.66. The zero-order valence-electron chi connectivity index (χ0n) is 13.8. The first-order valence-electron chi connectivity index (χ1n) is 7.87. The van der Waals surface area contributed by atoms with Crippen LogP contribution in [-0.4, -0.2) is 15.8 Å². The van der Waals surface area contributed by atoms with Crippen LogP contribution in [0, 0.1) is 6.92 Å². The normalized spacial score (nSPS) is 10.8. The molecular formula is C19H14ClN3OS2. The minimum absolute atomic E-state index is 0.323. The van der Waals surface area contributed by atoms with Crippen molar-refractivity contribution in [1.82, 2.24) is 9.78 Å². The summed E-state index contributed by atoms with van der Waals surface area (Å²) in [6.45, 7) is 1.92. The summed E-state index contributed by atoms with van der Waals surface area (Å²) < 4.78 is 1.37. The monoisotopic (exact) mass is 399 g/mol. The zero-order valence-corrected chi connectivity index (χ0v) is 16.2. The Morgan fingerprint density at radius 1 is 1.12 bits per heavy atom. The SMILES string of the molecule is Cc1ccc(NC(=O)n2nccc2-c2ccc(-c3cccs3)s2)cc1Cl. The lowest BCUT2D eigenvalue weighted by atomic mass is 10.2. The van der Waals surface area contributed by atoms with E-state index in [1.165, 1.54) is 14.4 Å². The minimum Gasteiger partial charge on any atom is -0.306 e. The van der Waals surface area contributed by atoms with Gasteiger partial charge in [0.25, 0.3) is 0 Å². The first-order chi connectivity index (χ1) is 12.6. The summed E-state index contributed by atoms with van der Waals surface area (Å²) in [4.78, 5) is 16.0. The highest BCUT2D eigenvalue weighted by Gasteiger charge is 2.15. The second-order valence-corrected chi connectivity index (χ2v) is 8.10. The molecule has 1 N–H and O–H groups in total. The van der Waals surface area contributed by atoms with Crippen molar-refractivity contribution >= 4 is 46.0 Å².